The zero-order valence-electron chi connectivity index (χ0n) is 10.9. The average Bonchev–Trinajstić information content (AvgIpc) is 2.22. The van der Waals surface area contributed by atoms with Gasteiger partial charge in [-0.3, -0.25) is 9.88 Å². The molecule has 0 fully saturated rings. The van der Waals surface area contributed by atoms with E-state index in [1.165, 1.54) is 0 Å². The number of aliphatic carboxylic acids is 1. The summed E-state index contributed by atoms with van der Waals surface area (Å²) in [5.74, 6) is -3.38. The van der Waals surface area contributed by atoms with Crippen molar-refractivity contribution >= 4 is 19.7 Å². The first-order valence-electron chi connectivity index (χ1n) is 4.99. The van der Waals surface area contributed by atoms with Crippen molar-refractivity contribution in [2.24, 2.45) is 0 Å². The highest BCUT2D eigenvalue weighted by atomic mass is 31.2. The lowest BCUT2D eigenvalue weighted by Crippen LogP contribution is -2.43. The molecule has 2 N–H and O–H groups in total. The highest BCUT2D eigenvalue weighted by Crippen LogP contribution is 2.50. The second-order valence-corrected chi connectivity index (χ2v) is 6.62. The third-order valence-electron chi connectivity index (χ3n) is 1.71. The molecular formula is C9H18NO7P. The van der Waals surface area contributed by atoms with Crippen molar-refractivity contribution in [3.8, 4) is 0 Å². The lowest BCUT2D eigenvalue weighted by atomic mass is 10.2. The summed E-state index contributed by atoms with van der Waals surface area (Å²) in [5.41, 5.74) is -0.808. The summed E-state index contributed by atoms with van der Waals surface area (Å²) in [5, 5.41) is 10.9. The molecular weight excluding hydrogens is 265 g/mol. The van der Waals surface area contributed by atoms with Crippen molar-refractivity contribution in [2.75, 3.05) is 14.2 Å². The molecule has 0 aromatic carbocycles. The third-order valence-corrected chi connectivity index (χ3v) is 3.71. The summed E-state index contributed by atoms with van der Waals surface area (Å²) >= 11 is 0. The van der Waals surface area contributed by atoms with E-state index in [2.05, 4.69) is 9.05 Å². The lowest BCUT2D eigenvalue weighted by Gasteiger charge is -2.24. The fraction of sp³-hybridized carbons (Fsp3) is 0.778. The van der Waals surface area contributed by atoms with Crippen LogP contribution in [-0.2, 0) is 23.1 Å². The number of hydrogen-bond donors (Lipinski definition) is 2. The Hall–Kier alpha value is -1.11. The van der Waals surface area contributed by atoms with Gasteiger partial charge in [-0.05, 0) is 20.8 Å². The van der Waals surface area contributed by atoms with Gasteiger partial charge in [0.15, 0.2) is 0 Å². The largest absolute Gasteiger partial charge is 0.479 e. The topological polar surface area (TPSA) is 111 Å². The number of carboxylic acids is 1. The van der Waals surface area contributed by atoms with Gasteiger partial charge < -0.3 is 18.9 Å². The number of alkyl carbamates (subject to hydrolysis) is 1. The van der Waals surface area contributed by atoms with Crippen molar-refractivity contribution < 1.29 is 33.0 Å². The first-order chi connectivity index (χ1) is 8.05. The van der Waals surface area contributed by atoms with Crippen molar-refractivity contribution in [3.05, 3.63) is 0 Å². The molecule has 9 heteroatoms. The molecule has 1 atom stereocenters. The second-order valence-electron chi connectivity index (χ2n) is 4.29. The molecule has 0 radical (unpaired) electrons. The van der Waals surface area contributed by atoms with Gasteiger partial charge in [0.05, 0.1) is 0 Å². The quantitative estimate of drug-likeness (QED) is 0.733. The van der Waals surface area contributed by atoms with E-state index in [1.54, 1.807) is 20.8 Å². The maximum Gasteiger partial charge on any atom is 0.408 e. The van der Waals surface area contributed by atoms with E-state index in [4.69, 9.17) is 9.84 Å². The Bertz CT molecular complexity index is 354. The first-order valence-corrected chi connectivity index (χ1v) is 6.60. The van der Waals surface area contributed by atoms with Gasteiger partial charge in [-0.25, -0.2) is 9.59 Å². The highest BCUT2D eigenvalue weighted by Gasteiger charge is 2.42. The van der Waals surface area contributed by atoms with Crippen molar-refractivity contribution in [2.45, 2.75) is 32.2 Å². The van der Waals surface area contributed by atoms with Gasteiger partial charge in [0.25, 0.3) is 0 Å². The SMILES string of the molecule is COP(=O)(OC)C(NC(=O)OC(C)(C)C)C(=O)O. The molecule has 0 aliphatic carbocycles. The highest BCUT2D eigenvalue weighted by molar-refractivity contribution is 7.55. The summed E-state index contributed by atoms with van der Waals surface area (Å²) in [6.07, 6.45) is -1.02. The molecule has 0 bridgehead atoms. The van der Waals surface area contributed by atoms with Crippen LogP contribution in [0.5, 0.6) is 0 Å². The number of ether oxygens (including phenoxy) is 1. The summed E-state index contributed by atoms with van der Waals surface area (Å²) in [6.45, 7) is 4.82. The fourth-order valence-electron chi connectivity index (χ4n) is 0.981. The van der Waals surface area contributed by atoms with E-state index in [-0.39, 0.29) is 0 Å². The Kier molecular flexibility index (Phi) is 5.79. The van der Waals surface area contributed by atoms with Crippen LogP contribution in [0.15, 0.2) is 0 Å². The molecule has 18 heavy (non-hydrogen) atoms. The van der Waals surface area contributed by atoms with Gasteiger partial charge in [0.1, 0.15) is 5.60 Å². The smallest absolute Gasteiger partial charge is 0.408 e. The summed E-state index contributed by atoms with van der Waals surface area (Å²) in [4.78, 5) is 22.4. The van der Waals surface area contributed by atoms with Crippen LogP contribution >= 0.6 is 7.60 Å². The lowest BCUT2D eigenvalue weighted by molar-refractivity contribution is -0.137. The van der Waals surface area contributed by atoms with E-state index in [1.807, 2.05) is 5.32 Å². The number of hydrogen-bond acceptors (Lipinski definition) is 6. The third kappa shape index (κ3) is 5.03. The van der Waals surface area contributed by atoms with Crippen molar-refractivity contribution in [1.29, 1.82) is 0 Å². The minimum Gasteiger partial charge on any atom is -0.479 e. The molecule has 0 rings (SSSR count). The number of rotatable bonds is 5. The van der Waals surface area contributed by atoms with Crippen LogP contribution in [0.1, 0.15) is 20.8 Å². The van der Waals surface area contributed by atoms with Crippen LogP contribution in [0, 0.1) is 0 Å². The van der Waals surface area contributed by atoms with E-state index in [0.717, 1.165) is 14.2 Å². The molecule has 0 aromatic rings. The van der Waals surface area contributed by atoms with Gasteiger partial charge in [0, 0.05) is 14.2 Å². The van der Waals surface area contributed by atoms with Gasteiger partial charge in [-0.2, -0.15) is 0 Å². The fourth-order valence-corrected chi connectivity index (χ4v) is 2.09. The number of carbonyl (C=O) groups excluding carboxylic acids is 1. The van der Waals surface area contributed by atoms with E-state index >= 15 is 0 Å². The standard InChI is InChI=1S/C9H18NO7P/c1-9(2,3)17-8(13)10-6(7(11)12)18(14,15-4)16-5/h6H,1-5H3,(H,10,13)(H,11,12). The maximum absolute atomic E-state index is 11.9. The molecule has 0 spiro atoms. The Morgan fingerprint density at radius 2 is 1.67 bits per heavy atom. The summed E-state index contributed by atoms with van der Waals surface area (Å²) in [7, 11) is -1.93. The Labute approximate surface area is 105 Å². The van der Waals surface area contributed by atoms with Gasteiger partial charge in [-0.15, -0.1) is 0 Å². The molecule has 1 amide bonds. The monoisotopic (exact) mass is 283 g/mol. The van der Waals surface area contributed by atoms with E-state index < -0.39 is 31.0 Å². The molecule has 0 aliphatic rings. The molecule has 1 unspecified atom stereocenters. The van der Waals surface area contributed by atoms with Crippen LogP contribution < -0.4 is 5.32 Å². The number of carbonyl (C=O) groups is 2. The number of carboxylic acid groups (broad SMARTS) is 1. The van der Waals surface area contributed by atoms with Crippen LogP contribution in [0.25, 0.3) is 0 Å². The minimum atomic E-state index is -3.98. The predicted molar refractivity (Wildman–Crippen MR) is 62.4 cm³/mol. The molecule has 0 aliphatic heterocycles. The van der Waals surface area contributed by atoms with Crippen LogP contribution in [0.4, 0.5) is 4.79 Å². The molecule has 0 saturated heterocycles. The Balaban J connectivity index is 4.91. The van der Waals surface area contributed by atoms with Crippen LogP contribution in [-0.4, -0.2) is 42.8 Å². The zero-order chi connectivity index (χ0) is 14.6. The van der Waals surface area contributed by atoms with Crippen molar-refractivity contribution in [1.82, 2.24) is 5.32 Å². The minimum absolute atomic E-state index is 0.808. The van der Waals surface area contributed by atoms with Crippen molar-refractivity contribution in [3.63, 3.8) is 0 Å². The number of nitrogens with one attached hydrogen (secondary N) is 1. The first kappa shape index (κ1) is 16.9. The molecule has 0 heterocycles. The molecule has 106 valence electrons. The molecule has 0 aromatic heterocycles. The molecule has 0 saturated carbocycles. The summed E-state index contributed by atoms with van der Waals surface area (Å²) < 4.78 is 25.8. The van der Waals surface area contributed by atoms with E-state index in [0.29, 0.717) is 0 Å². The average molecular weight is 283 g/mol. The Morgan fingerprint density at radius 3 is 1.94 bits per heavy atom. The van der Waals surface area contributed by atoms with Gasteiger partial charge in [0.2, 0.25) is 5.78 Å². The van der Waals surface area contributed by atoms with Gasteiger partial charge >= 0.3 is 19.7 Å². The maximum atomic E-state index is 11.9. The van der Waals surface area contributed by atoms with Crippen LogP contribution in [0.2, 0.25) is 0 Å². The summed E-state index contributed by atoms with van der Waals surface area (Å²) in [6, 6.07) is 0. The predicted octanol–water partition coefficient (Wildman–Crippen LogP) is 1.41. The zero-order valence-corrected chi connectivity index (χ0v) is 11.8. The second kappa shape index (κ2) is 6.17. The normalized spacial score (nSPS) is 13.8. The molecule has 8 nitrogen and oxygen atoms in total. The van der Waals surface area contributed by atoms with Gasteiger partial charge in [-0.1, -0.05) is 0 Å². The van der Waals surface area contributed by atoms with E-state index in [9.17, 15) is 14.2 Å². The number of amides is 1. The van der Waals surface area contributed by atoms with Crippen LogP contribution in [0.3, 0.4) is 0 Å². The Morgan fingerprint density at radius 1 is 1.22 bits per heavy atom.